The molecule has 0 spiro atoms. The number of para-hydroxylation sites is 2. The van der Waals surface area contributed by atoms with Crippen LogP contribution in [-0.4, -0.2) is 19.9 Å². The fourth-order valence-electron chi connectivity index (χ4n) is 6.29. The molecule has 4 N–H and O–H groups in total. The molecule has 5 aromatic carbocycles. The van der Waals surface area contributed by atoms with Crippen molar-refractivity contribution in [2.45, 2.75) is 0 Å². The molecule has 198 valence electrons. The smallest absolute Gasteiger partial charge is 0.197 e. The second-order valence-corrected chi connectivity index (χ2v) is 10.7. The van der Waals surface area contributed by atoms with Gasteiger partial charge in [0.15, 0.2) is 21.7 Å². The fourth-order valence-corrected chi connectivity index (χ4v) is 6.29. The molecule has 0 saturated carbocycles. The van der Waals surface area contributed by atoms with Gasteiger partial charge in [-0.05, 0) is 60.7 Å². The van der Waals surface area contributed by atoms with Crippen LogP contribution in [0.3, 0.4) is 0 Å². The van der Waals surface area contributed by atoms with Crippen molar-refractivity contribution in [3.63, 3.8) is 0 Å². The number of benzene rings is 5. The number of fused-ring (bicyclic) bond motifs is 8. The summed E-state index contributed by atoms with van der Waals surface area (Å²) in [5.74, 6) is 0. The van der Waals surface area contributed by atoms with E-state index in [1.165, 1.54) is 0 Å². The molecule has 0 fully saturated rings. The van der Waals surface area contributed by atoms with Gasteiger partial charge < -0.3 is 19.9 Å². The summed E-state index contributed by atoms with van der Waals surface area (Å²) in [5, 5.41) is 3.72. The maximum absolute atomic E-state index is 13.8. The van der Waals surface area contributed by atoms with Crippen LogP contribution in [-0.2, 0) is 0 Å². The van der Waals surface area contributed by atoms with E-state index in [2.05, 4.69) is 19.9 Å². The van der Waals surface area contributed by atoms with Crippen molar-refractivity contribution in [2.75, 3.05) is 0 Å². The SMILES string of the molecule is O=c1c2ccccc2[nH]c2cc3c(=O)c4cc5[nH]c6cc7c(=O)c8ccccc8[nH]c7cc6c(=O)c5cc4[nH]c3cc12. The Morgan fingerprint density at radius 3 is 0.833 bits per heavy atom. The predicted molar refractivity (Wildman–Crippen MR) is 169 cm³/mol. The van der Waals surface area contributed by atoms with E-state index >= 15 is 0 Å². The van der Waals surface area contributed by atoms with Crippen LogP contribution in [0.4, 0.5) is 0 Å². The van der Waals surface area contributed by atoms with Crippen LogP contribution in [0, 0.1) is 0 Å². The second kappa shape index (κ2) is 7.80. The second-order valence-electron chi connectivity index (χ2n) is 10.7. The highest BCUT2D eigenvalue weighted by Crippen LogP contribution is 2.26. The Labute approximate surface area is 232 Å². The number of rotatable bonds is 0. The van der Waals surface area contributed by atoms with Gasteiger partial charge in [0.25, 0.3) is 0 Å². The summed E-state index contributed by atoms with van der Waals surface area (Å²) in [4.78, 5) is 67.1. The van der Waals surface area contributed by atoms with E-state index in [4.69, 9.17) is 0 Å². The Morgan fingerprint density at radius 2 is 0.524 bits per heavy atom. The van der Waals surface area contributed by atoms with Gasteiger partial charge in [0.1, 0.15) is 0 Å². The topological polar surface area (TPSA) is 131 Å². The number of hydrogen-bond donors (Lipinski definition) is 4. The molecule has 0 saturated heterocycles. The van der Waals surface area contributed by atoms with Crippen molar-refractivity contribution in [1.82, 2.24) is 19.9 Å². The molecule has 0 aliphatic heterocycles. The summed E-state index contributed by atoms with van der Waals surface area (Å²) < 4.78 is 0. The van der Waals surface area contributed by atoms with Crippen molar-refractivity contribution in [2.24, 2.45) is 0 Å². The van der Waals surface area contributed by atoms with Crippen LogP contribution in [0.5, 0.6) is 0 Å². The normalized spacial score (nSPS) is 12.2. The lowest BCUT2D eigenvalue weighted by molar-refractivity contribution is 1.44. The Morgan fingerprint density at radius 1 is 0.286 bits per heavy atom. The van der Waals surface area contributed by atoms with Crippen LogP contribution in [0.15, 0.2) is 104 Å². The summed E-state index contributed by atoms with van der Waals surface area (Å²) in [6.07, 6.45) is 0. The van der Waals surface area contributed by atoms with E-state index < -0.39 is 0 Å². The third-order valence-corrected chi connectivity index (χ3v) is 8.36. The molecule has 0 aliphatic carbocycles. The van der Waals surface area contributed by atoms with E-state index in [9.17, 15) is 19.2 Å². The molecule has 0 unspecified atom stereocenters. The van der Waals surface area contributed by atoms with E-state index in [-0.39, 0.29) is 21.7 Å². The van der Waals surface area contributed by atoms with Gasteiger partial charge in [-0.3, -0.25) is 19.2 Å². The number of H-pyrrole nitrogens is 4. The summed E-state index contributed by atoms with van der Waals surface area (Å²) >= 11 is 0. The molecule has 0 amide bonds. The van der Waals surface area contributed by atoms with Crippen LogP contribution in [0.25, 0.3) is 87.2 Å². The van der Waals surface area contributed by atoms with Gasteiger partial charge in [-0.15, -0.1) is 0 Å². The molecule has 0 bridgehead atoms. The molecule has 42 heavy (non-hydrogen) atoms. The Bertz CT molecular complexity index is 2740. The van der Waals surface area contributed by atoms with Gasteiger partial charge in [-0.1, -0.05) is 24.3 Å². The molecule has 9 rings (SSSR count). The minimum absolute atomic E-state index is 0.123. The Kier molecular flexibility index (Phi) is 4.22. The molecule has 0 aliphatic rings. The minimum Gasteiger partial charge on any atom is -0.354 e. The maximum atomic E-state index is 13.8. The van der Waals surface area contributed by atoms with E-state index in [1.54, 1.807) is 48.5 Å². The molecule has 9 aromatic rings. The molecule has 8 heteroatoms. The van der Waals surface area contributed by atoms with E-state index in [0.29, 0.717) is 87.2 Å². The van der Waals surface area contributed by atoms with Crippen molar-refractivity contribution >= 4 is 87.2 Å². The van der Waals surface area contributed by atoms with Crippen molar-refractivity contribution in [3.8, 4) is 0 Å². The van der Waals surface area contributed by atoms with Crippen LogP contribution < -0.4 is 21.7 Å². The van der Waals surface area contributed by atoms with Gasteiger partial charge in [-0.25, -0.2) is 0 Å². The zero-order valence-corrected chi connectivity index (χ0v) is 21.7. The first-order valence-corrected chi connectivity index (χ1v) is 13.4. The molecule has 0 radical (unpaired) electrons. The molecular weight excluding hydrogens is 528 g/mol. The lowest BCUT2D eigenvalue weighted by Gasteiger charge is -2.09. The average molecular weight is 547 g/mol. The number of nitrogens with one attached hydrogen (secondary N) is 4. The number of pyridine rings is 4. The monoisotopic (exact) mass is 546 g/mol. The highest BCUT2D eigenvalue weighted by atomic mass is 16.1. The first kappa shape index (κ1) is 22.8. The van der Waals surface area contributed by atoms with Crippen LogP contribution in [0.2, 0.25) is 0 Å². The molecule has 4 heterocycles. The maximum Gasteiger partial charge on any atom is 0.197 e. The van der Waals surface area contributed by atoms with Crippen LogP contribution in [0.1, 0.15) is 0 Å². The molecule has 8 nitrogen and oxygen atoms in total. The zero-order valence-electron chi connectivity index (χ0n) is 21.7. The van der Waals surface area contributed by atoms with Gasteiger partial charge in [0.2, 0.25) is 0 Å². The summed E-state index contributed by atoms with van der Waals surface area (Å²) in [7, 11) is 0. The van der Waals surface area contributed by atoms with Gasteiger partial charge >= 0.3 is 0 Å². The number of aromatic nitrogens is 4. The Balaban J connectivity index is 1.37. The largest absolute Gasteiger partial charge is 0.354 e. The van der Waals surface area contributed by atoms with E-state index in [1.807, 2.05) is 36.4 Å². The fraction of sp³-hybridized carbons (Fsp3) is 0. The van der Waals surface area contributed by atoms with Gasteiger partial charge in [0.05, 0.1) is 33.1 Å². The molecule has 4 aromatic heterocycles. The third kappa shape index (κ3) is 2.95. The van der Waals surface area contributed by atoms with E-state index in [0.717, 1.165) is 0 Å². The molecular formula is C34H18N4O4. The highest BCUT2D eigenvalue weighted by molar-refractivity contribution is 6.08. The third-order valence-electron chi connectivity index (χ3n) is 8.36. The quantitative estimate of drug-likeness (QED) is 0.183. The first-order chi connectivity index (χ1) is 20.4. The summed E-state index contributed by atoms with van der Waals surface area (Å²) in [5.41, 5.74) is 3.83. The zero-order chi connectivity index (χ0) is 28.3. The van der Waals surface area contributed by atoms with Gasteiger partial charge in [0, 0.05) is 54.1 Å². The lowest BCUT2D eigenvalue weighted by atomic mass is 10.0. The number of aromatic amines is 4. The van der Waals surface area contributed by atoms with Crippen molar-refractivity contribution in [1.29, 1.82) is 0 Å². The Hall–Kier alpha value is -6.02. The minimum atomic E-state index is -0.223. The number of hydrogen-bond acceptors (Lipinski definition) is 4. The predicted octanol–water partition coefficient (Wildman–Crippen LogP) is 5.67. The summed E-state index contributed by atoms with van der Waals surface area (Å²) in [6, 6.07) is 24.7. The highest BCUT2D eigenvalue weighted by Gasteiger charge is 2.15. The first-order valence-electron chi connectivity index (χ1n) is 13.4. The van der Waals surface area contributed by atoms with Crippen molar-refractivity contribution < 1.29 is 0 Å². The van der Waals surface area contributed by atoms with Crippen molar-refractivity contribution in [3.05, 3.63) is 126 Å². The lowest BCUT2D eigenvalue weighted by Crippen LogP contribution is -2.10. The standard InChI is InChI=1S/C34H18N4O4/c39-31-15-5-1-3-7-23(15)35-25-11-19-27(9-17(25)31)37-29-13-22-30(14-21(29)33(19)41)38-28-10-18-26(12-20(28)34(22)42)36-24-8-4-2-6-16(24)32(18)40/h1-14H,(H,35,39)(H,36,40)(H,37,41)(H,38,42). The summed E-state index contributed by atoms with van der Waals surface area (Å²) in [6.45, 7) is 0. The van der Waals surface area contributed by atoms with Gasteiger partial charge in [-0.2, -0.15) is 0 Å². The molecule has 0 atom stereocenters. The average Bonchev–Trinajstić information content (AvgIpc) is 3.00. The van der Waals surface area contributed by atoms with Crippen LogP contribution >= 0.6 is 0 Å².